The zero-order valence-corrected chi connectivity index (χ0v) is 15.9. The van der Waals surface area contributed by atoms with Crippen molar-refractivity contribution in [3.05, 3.63) is 74.7 Å². The van der Waals surface area contributed by atoms with E-state index in [2.05, 4.69) is 15.6 Å². The van der Waals surface area contributed by atoms with Crippen LogP contribution in [-0.4, -0.2) is 32.6 Å². The molecule has 1 heterocycles. The van der Waals surface area contributed by atoms with Crippen molar-refractivity contribution in [2.75, 3.05) is 6.61 Å². The summed E-state index contributed by atoms with van der Waals surface area (Å²) in [7, 11) is 1.55. The Morgan fingerprint density at radius 2 is 1.96 bits per heavy atom. The molecular weight excluding hydrogens is 366 g/mol. The van der Waals surface area contributed by atoms with Gasteiger partial charge in [0.1, 0.15) is 6.61 Å². The Bertz CT molecular complexity index is 992. The van der Waals surface area contributed by atoms with E-state index in [1.54, 1.807) is 19.3 Å². The molecule has 0 unspecified atom stereocenters. The van der Waals surface area contributed by atoms with Crippen molar-refractivity contribution in [1.82, 2.24) is 19.8 Å². The molecule has 7 nitrogen and oxygen atoms in total. The first-order valence-electron chi connectivity index (χ1n) is 8.55. The van der Waals surface area contributed by atoms with Gasteiger partial charge >= 0.3 is 5.69 Å². The molecule has 0 N–H and O–H groups in total. The summed E-state index contributed by atoms with van der Waals surface area (Å²) >= 11 is 5.88. The van der Waals surface area contributed by atoms with Crippen LogP contribution in [0.5, 0.6) is 0 Å². The molecule has 27 heavy (non-hydrogen) atoms. The maximum Gasteiger partial charge on any atom is 0.368 e. The average Bonchev–Trinajstić information content (AvgIpc) is 2.99. The summed E-state index contributed by atoms with van der Waals surface area (Å²) in [6.45, 7) is 2.43. The van der Waals surface area contributed by atoms with Crippen LogP contribution in [0.2, 0.25) is 5.02 Å². The van der Waals surface area contributed by atoms with Crippen LogP contribution in [0.4, 0.5) is 0 Å². The summed E-state index contributed by atoms with van der Waals surface area (Å²) < 4.78 is 2.42. The highest BCUT2D eigenvalue weighted by molar-refractivity contribution is 6.30. The Labute approximate surface area is 161 Å². The molecular formula is C19H20ClN5O2. The Balaban J connectivity index is 1.62. The van der Waals surface area contributed by atoms with Gasteiger partial charge in [-0.15, -0.1) is 0 Å². The highest BCUT2D eigenvalue weighted by Crippen LogP contribution is 2.15. The van der Waals surface area contributed by atoms with E-state index in [1.807, 2.05) is 43.3 Å². The van der Waals surface area contributed by atoms with E-state index >= 15 is 0 Å². The largest absolute Gasteiger partial charge is 0.396 e. The zero-order chi connectivity index (χ0) is 19.2. The fraction of sp³-hybridized carbons (Fsp3) is 0.263. The van der Waals surface area contributed by atoms with Crippen molar-refractivity contribution in [2.45, 2.75) is 19.8 Å². The van der Waals surface area contributed by atoms with E-state index < -0.39 is 0 Å². The second-order valence-electron chi connectivity index (χ2n) is 6.10. The lowest BCUT2D eigenvalue weighted by Gasteiger charge is -2.07. The first kappa shape index (κ1) is 18.8. The quantitative estimate of drug-likeness (QED) is 0.356. The third-order valence-electron chi connectivity index (χ3n) is 4.12. The van der Waals surface area contributed by atoms with E-state index in [1.165, 1.54) is 14.9 Å². The molecule has 0 saturated heterocycles. The summed E-state index contributed by atoms with van der Waals surface area (Å²) in [4.78, 5) is 17.5. The SMILES string of the molecule is Cc1cccc(-n2nnn(C)c2=O)c1/C=N/OCCCc1ccc(Cl)cc1. The normalized spacial score (nSPS) is 11.2. The summed E-state index contributed by atoms with van der Waals surface area (Å²) in [6.07, 6.45) is 3.33. The van der Waals surface area contributed by atoms with Gasteiger partial charge in [0.2, 0.25) is 0 Å². The predicted octanol–water partition coefficient (Wildman–Crippen LogP) is 2.91. The Kier molecular flexibility index (Phi) is 6.03. The van der Waals surface area contributed by atoms with Gasteiger partial charge in [-0.05, 0) is 59.5 Å². The Hall–Kier alpha value is -2.93. The minimum absolute atomic E-state index is 0.320. The van der Waals surface area contributed by atoms with Crippen molar-refractivity contribution in [3.8, 4) is 5.69 Å². The number of aryl methyl sites for hydroxylation is 3. The maximum atomic E-state index is 12.1. The van der Waals surface area contributed by atoms with Crippen molar-refractivity contribution < 1.29 is 4.84 Å². The van der Waals surface area contributed by atoms with Crippen LogP contribution in [0.25, 0.3) is 5.69 Å². The lowest BCUT2D eigenvalue weighted by Crippen LogP contribution is -2.23. The molecule has 0 saturated carbocycles. The molecule has 140 valence electrons. The summed E-state index contributed by atoms with van der Waals surface area (Å²) in [6, 6.07) is 13.4. The van der Waals surface area contributed by atoms with Gasteiger partial charge in [-0.3, -0.25) is 0 Å². The van der Waals surface area contributed by atoms with Gasteiger partial charge in [0.15, 0.2) is 0 Å². The number of rotatable bonds is 7. The Morgan fingerprint density at radius 1 is 1.19 bits per heavy atom. The second-order valence-corrected chi connectivity index (χ2v) is 6.54. The summed E-state index contributed by atoms with van der Waals surface area (Å²) in [5.74, 6) is 0. The molecule has 8 heteroatoms. The van der Waals surface area contributed by atoms with Gasteiger partial charge in [-0.1, -0.05) is 41.0 Å². The van der Waals surface area contributed by atoms with E-state index in [-0.39, 0.29) is 5.69 Å². The second kappa shape index (κ2) is 8.64. The van der Waals surface area contributed by atoms with Crippen molar-refractivity contribution in [3.63, 3.8) is 0 Å². The predicted molar refractivity (Wildman–Crippen MR) is 105 cm³/mol. The minimum atomic E-state index is -0.320. The fourth-order valence-corrected chi connectivity index (χ4v) is 2.74. The van der Waals surface area contributed by atoms with Gasteiger partial charge in [-0.2, -0.15) is 9.36 Å². The maximum absolute atomic E-state index is 12.1. The van der Waals surface area contributed by atoms with Crippen LogP contribution in [0.3, 0.4) is 0 Å². The number of hydrogen-bond acceptors (Lipinski definition) is 5. The molecule has 0 amide bonds. The molecule has 2 aromatic carbocycles. The van der Waals surface area contributed by atoms with Gasteiger partial charge in [0, 0.05) is 17.6 Å². The molecule has 0 aliphatic carbocycles. The standard InChI is InChI=1S/C19H20ClN5O2/c1-14-5-3-7-18(25-19(26)24(2)22-23-25)17(14)13-21-27-12-4-6-15-8-10-16(20)11-9-15/h3,5,7-11,13H,4,6,12H2,1-2H3/b21-13+. The monoisotopic (exact) mass is 385 g/mol. The van der Waals surface area contributed by atoms with Gasteiger partial charge in [0.05, 0.1) is 11.9 Å². The lowest BCUT2D eigenvalue weighted by atomic mass is 10.1. The smallest absolute Gasteiger partial charge is 0.368 e. The number of hydrogen-bond donors (Lipinski definition) is 0. The van der Waals surface area contributed by atoms with Crippen LogP contribution in [0.1, 0.15) is 23.1 Å². The first-order chi connectivity index (χ1) is 13.1. The number of benzene rings is 2. The van der Waals surface area contributed by atoms with Gasteiger partial charge in [0.25, 0.3) is 0 Å². The minimum Gasteiger partial charge on any atom is -0.396 e. The Morgan fingerprint density at radius 3 is 2.67 bits per heavy atom. The van der Waals surface area contributed by atoms with E-state index in [0.29, 0.717) is 12.3 Å². The topological polar surface area (TPSA) is 74.3 Å². The average molecular weight is 386 g/mol. The number of aromatic nitrogens is 4. The third kappa shape index (κ3) is 4.62. The van der Waals surface area contributed by atoms with E-state index in [9.17, 15) is 4.79 Å². The summed E-state index contributed by atoms with van der Waals surface area (Å²) in [5, 5.41) is 12.4. The van der Waals surface area contributed by atoms with Crippen LogP contribution in [0.15, 0.2) is 52.4 Å². The number of halogens is 1. The van der Waals surface area contributed by atoms with E-state index in [4.69, 9.17) is 16.4 Å². The number of nitrogens with zero attached hydrogens (tertiary/aromatic N) is 5. The van der Waals surface area contributed by atoms with Crippen molar-refractivity contribution in [1.29, 1.82) is 0 Å². The molecule has 1 aromatic heterocycles. The molecule has 3 aromatic rings. The summed E-state index contributed by atoms with van der Waals surface area (Å²) in [5.41, 5.74) is 3.22. The molecule has 0 radical (unpaired) electrons. The van der Waals surface area contributed by atoms with E-state index in [0.717, 1.165) is 29.0 Å². The number of tetrazole rings is 1. The van der Waals surface area contributed by atoms with Crippen LogP contribution < -0.4 is 5.69 Å². The zero-order valence-electron chi connectivity index (χ0n) is 15.2. The first-order valence-corrected chi connectivity index (χ1v) is 8.93. The molecule has 0 fully saturated rings. The van der Waals surface area contributed by atoms with Crippen molar-refractivity contribution >= 4 is 17.8 Å². The highest BCUT2D eigenvalue weighted by atomic mass is 35.5. The third-order valence-corrected chi connectivity index (χ3v) is 4.37. The van der Waals surface area contributed by atoms with Crippen LogP contribution in [-0.2, 0) is 18.3 Å². The molecule has 0 bridgehead atoms. The molecule has 0 aliphatic rings. The molecule has 0 spiro atoms. The fourth-order valence-electron chi connectivity index (χ4n) is 2.62. The number of oxime groups is 1. The highest BCUT2D eigenvalue weighted by Gasteiger charge is 2.11. The van der Waals surface area contributed by atoms with Gasteiger partial charge in [-0.25, -0.2) is 4.79 Å². The lowest BCUT2D eigenvalue weighted by molar-refractivity contribution is 0.143. The van der Waals surface area contributed by atoms with Gasteiger partial charge < -0.3 is 4.84 Å². The molecule has 0 atom stereocenters. The van der Waals surface area contributed by atoms with Crippen LogP contribution >= 0.6 is 11.6 Å². The van der Waals surface area contributed by atoms with Crippen molar-refractivity contribution in [2.24, 2.45) is 12.2 Å². The molecule has 3 rings (SSSR count). The van der Waals surface area contributed by atoms with Crippen LogP contribution in [0, 0.1) is 6.92 Å². The molecule has 0 aliphatic heterocycles.